The van der Waals surface area contributed by atoms with Gasteiger partial charge in [-0.25, -0.2) is 0 Å². The number of hydrogen-bond donors (Lipinski definition) is 0. The Morgan fingerprint density at radius 1 is 1.20 bits per heavy atom. The third kappa shape index (κ3) is 2.10. The molecule has 2 aliphatic rings. The molecule has 0 amide bonds. The zero-order valence-electron chi connectivity index (χ0n) is 10.1. The van der Waals surface area contributed by atoms with Crippen LogP contribution in [-0.4, -0.2) is 17.5 Å². The maximum Gasteiger partial charge on any atom is 0.164 e. The summed E-state index contributed by atoms with van der Waals surface area (Å²) in [6.07, 6.45) is 6.43. The Labute approximate surface area is 92.4 Å². The van der Waals surface area contributed by atoms with Crippen LogP contribution in [0.25, 0.3) is 0 Å². The molecule has 0 aromatic heterocycles. The Bertz CT molecular complexity index is 256. The zero-order valence-corrected chi connectivity index (χ0v) is 10.1. The van der Waals surface area contributed by atoms with Crippen LogP contribution in [0.15, 0.2) is 0 Å². The number of carbonyl (C=O) groups excluding carboxylic acids is 1. The van der Waals surface area contributed by atoms with Gasteiger partial charge in [0.2, 0.25) is 0 Å². The fraction of sp³-hybridized carbons (Fsp3) is 0.923. The molecule has 2 rings (SSSR count). The third-order valence-corrected chi connectivity index (χ3v) is 3.71. The second-order valence-corrected chi connectivity index (χ2v) is 6.25. The van der Waals surface area contributed by atoms with E-state index in [1.165, 1.54) is 19.3 Å². The van der Waals surface area contributed by atoms with Gasteiger partial charge in [-0.05, 0) is 18.3 Å². The largest absolute Gasteiger partial charge is 0.363 e. The molecule has 1 unspecified atom stereocenters. The van der Waals surface area contributed by atoms with Crippen molar-refractivity contribution in [3.8, 4) is 0 Å². The topological polar surface area (TPSA) is 26.3 Å². The quantitative estimate of drug-likeness (QED) is 0.614. The maximum atomic E-state index is 12.0. The van der Waals surface area contributed by atoms with Gasteiger partial charge in [0, 0.05) is 6.42 Å². The van der Waals surface area contributed by atoms with E-state index in [2.05, 4.69) is 20.8 Å². The summed E-state index contributed by atoms with van der Waals surface area (Å²) in [5.74, 6) is 0.324. The smallest absolute Gasteiger partial charge is 0.164 e. The van der Waals surface area contributed by atoms with E-state index < -0.39 is 0 Å². The lowest BCUT2D eigenvalue weighted by Gasteiger charge is -2.35. The van der Waals surface area contributed by atoms with Gasteiger partial charge in [0.25, 0.3) is 0 Å². The number of ether oxygens (including phenoxy) is 1. The molecular formula is C13H22O2. The summed E-state index contributed by atoms with van der Waals surface area (Å²) >= 11 is 0. The average molecular weight is 210 g/mol. The summed E-state index contributed by atoms with van der Waals surface area (Å²) in [7, 11) is 0. The summed E-state index contributed by atoms with van der Waals surface area (Å²) in [6, 6.07) is 0. The number of carbonyl (C=O) groups is 1. The first kappa shape index (κ1) is 11.1. The minimum Gasteiger partial charge on any atom is -0.363 e. The summed E-state index contributed by atoms with van der Waals surface area (Å²) in [6.45, 7) is 6.28. The normalized spacial score (nSPS) is 31.1. The molecule has 0 bridgehead atoms. The van der Waals surface area contributed by atoms with Gasteiger partial charge >= 0.3 is 0 Å². The molecule has 86 valence electrons. The SMILES string of the molecule is CC(C)(C)C1OC2(CCCCC2)CC1=O. The highest BCUT2D eigenvalue weighted by atomic mass is 16.5. The van der Waals surface area contributed by atoms with Crippen LogP contribution in [0, 0.1) is 5.41 Å². The predicted octanol–water partition coefficient (Wildman–Crippen LogP) is 3.09. The molecular weight excluding hydrogens is 188 g/mol. The highest BCUT2D eigenvalue weighted by molar-refractivity contribution is 5.86. The summed E-state index contributed by atoms with van der Waals surface area (Å²) < 4.78 is 6.12. The minimum absolute atomic E-state index is 0.0436. The number of ketones is 1. The third-order valence-electron chi connectivity index (χ3n) is 3.71. The van der Waals surface area contributed by atoms with Gasteiger partial charge < -0.3 is 4.74 Å². The van der Waals surface area contributed by atoms with Gasteiger partial charge in [-0.1, -0.05) is 40.0 Å². The van der Waals surface area contributed by atoms with E-state index in [4.69, 9.17) is 4.74 Å². The van der Waals surface area contributed by atoms with E-state index in [0.717, 1.165) is 12.8 Å². The number of hydrogen-bond acceptors (Lipinski definition) is 2. The Kier molecular flexibility index (Phi) is 2.66. The molecule has 0 radical (unpaired) electrons. The molecule has 0 aromatic carbocycles. The first-order chi connectivity index (χ1) is 6.93. The lowest BCUT2D eigenvalue weighted by molar-refractivity contribution is -0.133. The van der Waals surface area contributed by atoms with Crippen molar-refractivity contribution in [2.45, 2.75) is 71.0 Å². The lowest BCUT2D eigenvalue weighted by Crippen LogP contribution is -2.36. The Morgan fingerprint density at radius 2 is 1.80 bits per heavy atom. The number of rotatable bonds is 0. The second kappa shape index (κ2) is 3.58. The molecule has 1 heterocycles. The predicted molar refractivity (Wildman–Crippen MR) is 59.8 cm³/mol. The van der Waals surface area contributed by atoms with Crippen molar-refractivity contribution >= 4 is 5.78 Å². The molecule has 2 nitrogen and oxygen atoms in total. The van der Waals surface area contributed by atoms with Crippen molar-refractivity contribution in [1.29, 1.82) is 0 Å². The Balaban J connectivity index is 2.12. The second-order valence-electron chi connectivity index (χ2n) is 6.25. The molecule has 15 heavy (non-hydrogen) atoms. The molecule has 1 atom stereocenters. The molecule has 1 aliphatic carbocycles. The first-order valence-corrected chi connectivity index (χ1v) is 6.14. The highest BCUT2D eigenvalue weighted by Gasteiger charge is 2.49. The van der Waals surface area contributed by atoms with Gasteiger partial charge in [0.05, 0.1) is 5.60 Å². The van der Waals surface area contributed by atoms with Crippen molar-refractivity contribution in [2.24, 2.45) is 5.41 Å². The van der Waals surface area contributed by atoms with Crippen molar-refractivity contribution in [3.05, 3.63) is 0 Å². The van der Waals surface area contributed by atoms with Crippen LogP contribution in [0.5, 0.6) is 0 Å². The Morgan fingerprint density at radius 3 is 2.27 bits per heavy atom. The summed E-state index contributed by atoms with van der Waals surface area (Å²) in [5, 5.41) is 0. The highest BCUT2D eigenvalue weighted by Crippen LogP contribution is 2.44. The molecule has 2 heteroatoms. The standard InChI is InChI=1S/C13H22O2/c1-12(2,3)11-10(14)9-13(15-11)7-5-4-6-8-13/h11H,4-9H2,1-3H3. The molecule has 0 aromatic rings. The van der Waals surface area contributed by atoms with E-state index in [0.29, 0.717) is 12.2 Å². The fourth-order valence-electron chi connectivity index (χ4n) is 2.92. The van der Waals surface area contributed by atoms with Crippen molar-refractivity contribution in [2.75, 3.05) is 0 Å². The van der Waals surface area contributed by atoms with Crippen molar-refractivity contribution in [1.82, 2.24) is 0 Å². The van der Waals surface area contributed by atoms with Crippen molar-refractivity contribution in [3.63, 3.8) is 0 Å². The Hall–Kier alpha value is -0.370. The van der Waals surface area contributed by atoms with Gasteiger partial charge in [-0.2, -0.15) is 0 Å². The molecule has 1 saturated heterocycles. The first-order valence-electron chi connectivity index (χ1n) is 6.14. The number of Topliss-reactive ketones (excluding diaryl/α,β-unsaturated/α-hetero) is 1. The van der Waals surface area contributed by atoms with Gasteiger partial charge in [-0.3, -0.25) is 4.79 Å². The molecule has 2 fully saturated rings. The molecule has 1 saturated carbocycles. The van der Waals surface area contributed by atoms with Gasteiger partial charge in [0.1, 0.15) is 6.10 Å². The van der Waals surface area contributed by atoms with Crippen LogP contribution >= 0.6 is 0 Å². The summed E-state index contributed by atoms with van der Waals surface area (Å²) in [4.78, 5) is 12.0. The van der Waals surface area contributed by atoms with Crippen molar-refractivity contribution < 1.29 is 9.53 Å². The monoisotopic (exact) mass is 210 g/mol. The summed E-state index contributed by atoms with van der Waals surface area (Å²) in [5.41, 5.74) is -0.120. The van der Waals surface area contributed by atoms with Crippen LogP contribution in [0.3, 0.4) is 0 Å². The maximum absolute atomic E-state index is 12.0. The van der Waals surface area contributed by atoms with E-state index in [9.17, 15) is 4.79 Å². The van der Waals surface area contributed by atoms with Gasteiger partial charge in [-0.15, -0.1) is 0 Å². The van der Waals surface area contributed by atoms with Crippen LogP contribution in [0.1, 0.15) is 59.3 Å². The molecule has 1 aliphatic heterocycles. The van der Waals surface area contributed by atoms with Crippen LogP contribution < -0.4 is 0 Å². The average Bonchev–Trinajstić information content (AvgIpc) is 2.44. The van der Waals surface area contributed by atoms with E-state index >= 15 is 0 Å². The lowest BCUT2D eigenvalue weighted by atomic mass is 9.81. The molecule has 0 N–H and O–H groups in total. The van der Waals surface area contributed by atoms with Gasteiger partial charge in [0.15, 0.2) is 5.78 Å². The van der Waals surface area contributed by atoms with Crippen LogP contribution in [-0.2, 0) is 9.53 Å². The fourth-order valence-corrected chi connectivity index (χ4v) is 2.92. The minimum atomic E-state index is -0.171. The molecule has 1 spiro atoms. The van der Waals surface area contributed by atoms with E-state index in [1.807, 2.05) is 0 Å². The van der Waals surface area contributed by atoms with Crippen LogP contribution in [0.2, 0.25) is 0 Å². The zero-order chi connectivity index (χ0) is 11.1. The van der Waals surface area contributed by atoms with E-state index in [1.54, 1.807) is 0 Å². The van der Waals surface area contributed by atoms with Crippen LogP contribution in [0.4, 0.5) is 0 Å². The van der Waals surface area contributed by atoms with E-state index in [-0.39, 0.29) is 17.1 Å².